The van der Waals surface area contributed by atoms with Crippen molar-refractivity contribution in [2.24, 2.45) is 0 Å². The molecule has 3 aromatic rings. The summed E-state index contributed by atoms with van der Waals surface area (Å²) in [6, 6.07) is 3.98. The Bertz CT molecular complexity index is 721. The van der Waals surface area contributed by atoms with Gasteiger partial charge in [0.1, 0.15) is 4.88 Å². The summed E-state index contributed by atoms with van der Waals surface area (Å²) in [7, 11) is 0. The number of rotatable bonds is 5. The van der Waals surface area contributed by atoms with Crippen LogP contribution in [0.25, 0.3) is 0 Å². The average molecular weight is 325 g/mol. The number of hydrogen-bond acceptors (Lipinski definition) is 8. The highest BCUT2D eigenvalue weighted by atomic mass is 32.2. The van der Waals surface area contributed by atoms with Gasteiger partial charge in [0, 0.05) is 4.88 Å². The molecule has 0 saturated heterocycles. The Morgan fingerprint density at radius 3 is 3.10 bits per heavy atom. The first-order valence-electron chi connectivity index (χ1n) is 5.38. The molecule has 0 aliphatic rings. The fourth-order valence-electron chi connectivity index (χ4n) is 1.40. The van der Waals surface area contributed by atoms with E-state index in [1.54, 1.807) is 16.0 Å². The van der Waals surface area contributed by atoms with Crippen LogP contribution in [0.15, 0.2) is 33.2 Å². The molecule has 7 nitrogen and oxygen atoms in total. The fraction of sp³-hybridized carbons (Fsp3) is 0.100. The Hall–Kier alpha value is -1.78. The summed E-state index contributed by atoms with van der Waals surface area (Å²) >= 11 is 3.99. The van der Waals surface area contributed by atoms with Gasteiger partial charge >= 0.3 is 5.97 Å². The van der Waals surface area contributed by atoms with Crippen molar-refractivity contribution in [3.63, 3.8) is 0 Å². The molecule has 0 aliphatic heterocycles. The average Bonchev–Trinajstić information content (AvgIpc) is 3.13. The van der Waals surface area contributed by atoms with E-state index in [1.807, 2.05) is 17.5 Å². The van der Waals surface area contributed by atoms with Crippen LogP contribution < -0.4 is 0 Å². The number of nitrogens with zero attached hydrogens (tertiary/aromatic N) is 5. The third-order valence-corrected chi connectivity index (χ3v) is 5.15. The van der Waals surface area contributed by atoms with Crippen molar-refractivity contribution in [1.82, 2.24) is 25.2 Å². The van der Waals surface area contributed by atoms with Crippen LogP contribution in [0.1, 0.15) is 14.5 Å². The van der Waals surface area contributed by atoms with Crippen LogP contribution in [0.3, 0.4) is 0 Å². The summed E-state index contributed by atoms with van der Waals surface area (Å²) in [5, 5.41) is 23.0. The van der Waals surface area contributed by atoms with Gasteiger partial charge in [-0.1, -0.05) is 6.07 Å². The van der Waals surface area contributed by atoms with Gasteiger partial charge in [0.2, 0.25) is 5.16 Å². The number of hydrogen-bond donors (Lipinski definition) is 1. The largest absolute Gasteiger partial charge is 0.477 e. The van der Waals surface area contributed by atoms with Crippen molar-refractivity contribution < 1.29 is 9.90 Å². The van der Waals surface area contributed by atoms with E-state index in [4.69, 9.17) is 5.11 Å². The molecule has 0 aliphatic carbocycles. The van der Waals surface area contributed by atoms with Crippen molar-refractivity contribution in [1.29, 1.82) is 0 Å². The second-order valence-electron chi connectivity index (χ2n) is 3.60. The van der Waals surface area contributed by atoms with E-state index >= 15 is 0 Å². The molecule has 3 aromatic heterocycles. The van der Waals surface area contributed by atoms with Crippen LogP contribution in [0.2, 0.25) is 0 Å². The summed E-state index contributed by atoms with van der Waals surface area (Å²) in [6.45, 7) is 0.587. The summed E-state index contributed by atoms with van der Waals surface area (Å²) in [5.41, 5.74) is 0. The third-order valence-electron chi connectivity index (χ3n) is 2.26. The molecule has 3 rings (SSSR count). The van der Waals surface area contributed by atoms with E-state index in [1.165, 1.54) is 18.0 Å². The first kappa shape index (κ1) is 13.2. The van der Waals surface area contributed by atoms with Gasteiger partial charge in [0.05, 0.1) is 12.7 Å². The number of carboxylic acids is 1. The Labute approximate surface area is 125 Å². The molecule has 20 heavy (non-hydrogen) atoms. The Morgan fingerprint density at radius 1 is 1.50 bits per heavy atom. The monoisotopic (exact) mass is 325 g/mol. The minimum atomic E-state index is -0.979. The van der Waals surface area contributed by atoms with Gasteiger partial charge in [-0.2, -0.15) is 0 Å². The molecule has 0 saturated carbocycles. The normalized spacial score (nSPS) is 10.8. The molecule has 0 amide bonds. The van der Waals surface area contributed by atoms with E-state index in [9.17, 15) is 4.79 Å². The standard InChI is InChI=1S/C10H7N5O2S3/c16-8(17)7-4-11-10(19-7)20-9-12-13-14-15(9)5-6-2-1-3-18-6/h1-4H,5H2,(H,16,17). The second-order valence-corrected chi connectivity index (χ2v) is 6.87. The summed E-state index contributed by atoms with van der Waals surface area (Å²) in [5.74, 6) is -0.979. The van der Waals surface area contributed by atoms with Gasteiger partial charge < -0.3 is 5.11 Å². The zero-order valence-corrected chi connectivity index (χ0v) is 12.3. The van der Waals surface area contributed by atoms with Gasteiger partial charge in [-0.15, -0.1) is 27.8 Å². The molecule has 0 spiro atoms. The quantitative estimate of drug-likeness (QED) is 0.767. The lowest BCUT2D eigenvalue weighted by molar-refractivity contribution is 0.0702. The molecule has 10 heteroatoms. The van der Waals surface area contributed by atoms with Crippen molar-refractivity contribution in [2.45, 2.75) is 16.0 Å². The predicted octanol–water partition coefficient (Wildman–Crippen LogP) is 2.09. The first-order chi connectivity index (χ1) is 9.72. The van der Waals surface area contributed by atoms with Gasteiger partial charge in [0.15, 0.2) is 4.34 Å². The Kier molecular flexibility index (Phi) is 3.76. The molecule has 1 N–H and O–H groups in total. The zero-order chi connectivity index (χ0) is 13.9. The maximum absolute atomic E-state index is 10.8. The van der Waals surface area contributed by atoms with Crippen LogP contribution in [0, 0.1) is 0 Å². The van der Waals surface area contributed by atoms with Crippen molar-refractivity contribution in [3.05, 3.63) is 33.5 Å². The van der Waals surface area contributed by atoms with Gasteiger partial charge in [-0.3, -0.25) is 0 Å². The van der Waals surface area contributed by atoms with Crippen LogP contribution in [-0.2, 0) is 6.54 Å². The minimum Gasteiger partial charge on any atom is -0.477 e. The number of tetrazole rings is 1. The lowest BCUT2D eigenvalue weighted by Crippen LogP contribution is -2.02. The number of aromatic carboxylic acids is 1. The zero-order valence-electron chi connectivity index (χ0n) is 9.83. The van der Waals surface area contributed by atoms with E-state index in [0.29, 0.717) is 16.0 Å². The summed E-state index contributed by atoms with van der Waals surface area (Å²) < 4.78 is 2.27. The topological polar surface area (TPSA) is 93.8 Å². The SMILES string of the molecule is O=C(O)c1cnc(Sc2nnnn2Cc2cccs2)s1. The lowest BCUT2D eigenvalue weighted by atomic mass is 10.5. The minimum absolute atomic E-state index is 0.199. The Balaban J connectivity index is 1.77. The van der Waals surface area contributed by atoms with Crippen LogP contribution >= 0.6 is 34.4 Å². The Morgan fingerprint density at radius 2 is 2.40 bits per heavy atom. The second kappa shape index (κ2) is 5.69. The van der Waals surface area contributed by atoms with Gasteiger partial charge in [0.25, 0.3) is 0 Å². The van der Waals surface area contributed by atoms with Crippen LogP contribution in [0.4, 0.5) is 0 Å². The predicted molar refractivity (Wildman–Crippen MR) is 74.4 cm³/mol. The first-order valence-corrected chi connectivity index (χ1v) is 7.89. The molecular formula is C10H7N5O2S3. The number of thiazole rings is 1. The molecule has 0 aromatic carbocycles. The lowest BCUT2D eigenvalue weighted by Gasteiger charge is -2.00. The third kappa shape index (κ3) is 2.86. The number of carboxylic acid groups (broad SMARTS) is 1. The number of carbonyl (C=O) groups is 1. The van der Waals surface area contributed by atoms with Crippen LogP contribution in [0.5, 0.6) is 0 Å². The van der Waals surface area contributed by atoms with E-state index in [2.05, 4.69) is 20.5 Å². The molecule has 0 unspecified atom stereocenters. The molecule has 102 valence electrons. The van der Waals surface area contributed by atoms with E-state index in [0.717, 1.165) is 16.2 Å². The van der Waals surface area contributed by atoms with Crippen molar-refractivity contribution >= 4 is 40.4 Å². The highest BCUT2D eigenvalue weighted by Crippen LogP contribution is 2.29. The van der Waals surface area contributed by atoms with Gasteiger partial charge in [-0.25, -0.2) is 14.5 Å². The molecule has 0 fully saturated rings. The number of aromatic nitrogens is 5. The van der Waals surface area contributed by atoms with Crippen LogP contribution in [-0.4, -0.2) is 36.3 Å². The number of thiophene rings is 1. The molecule has 0 bridgehead atoms. The molecule has 0 atom stereocenters. The highest BCUT2D eigenvalue weighted by molar-refractivity contribution is 8.00. The van der Waals surface area contributed by atoms with Crippen molar-refractivity contribution in [2.75, 3.05) is 0 Å². The van der Waals surface area contributed by atoms with E-state index < -0.39 is 5.97 Å². The molecular weight excluding hydrogens is 318 g/mol. The molecule has 3 heterocycles. The van der Waals surface area contributed by atoms with Crippen molar-refractivity contribution in [3.8, 4) is 0 Å². The molecule has 0 radical (unpaired) electrons. The van der Waals surface area contributed by atoms with E-state index in [-0.39, 0.29) is 4.88 Å². The van der Waals surface area contributed by atoms with Gasteiger partial charge in [-0.05, 0) is 33.6 Å². The summed E-state index contributed by atoms with van der Waals surface area (Å²) in [4.78, 5) is 16.2. The summed E-state index contributed by atoms with van der Waals surface area (Å²) in [6.07, 6.45) is 1.34. The maximum atomic E-state index is 10.8. The highest BCUT2D eigenvalue weighted by Gasteiger charge is 2.14. The smallest absolute Gasteiger partial charge is 0.347 e. The maximum Gasteiger partial charge on any atom is 0.347 e. The fourth-order valence-corrected chi connectivity index (χ4v) is 3.78.